The minimum Gasteiger partial charge on any atom is -0.507 e. The van der Waals surface area contributed by atoms with E-state index in [2.05, 4.69) is 0 Å². The van der Waals surface area contributed by atoms with Crippen LogP contribution < -0.4 is 0 Å². The van der Waals surface area contributed by atoms with Crippen LogP contribution in [0.5, 0.6) is 11.5 Å². The minimum absolute atomic E-state index is 0.175. The van der Waals surface area contributed by atoms with Crippen LogP contribution in [0.1, 0.15) is 13.8 Å². The van der Waals surface area contributed by atoms with Crippen LogP contribution in [0.3, 0.4) is 0 Å². The first-order chi connectivity index (χ1) is 9.97. The third-order valence-corrected chi connectivity index (χ3v) is 2.87. The maximum Gasteiger partial charge on any atom is 0.330 e. The summed E-state index contributed by atoms with van der Waals surface area (Å²) in [5.41, 5.74) is 1.68. The van der Waals surface area contributed by atoms with Gasteiger partial charge in [0, 0.05) is 16.7 Å². The second kappa shape index (κ2) is 7.75. The van der Waals surface area contributed by atoms with Crippen molar-refractivity contribution in [3.63, 3.8) is 0 Å². The Morgan fingerprint density at radius 3 is 1.52 bits per heavy atom. The molecule has 4 heteroatoms. The number of aliphatic carboxylic acids is 1. The van der Waals surface area contributed by atoms with Gasteiger partial charge >= 0.3 is 5.97 Å². The van der Waals surface area contributed by atoms with Crippen LogP contribution in [0, 0.1) is 0 Å². The highest BCUT2D eigenvalue weighted by Gasteiger charge is 2.06. The fraction of sp³-hybridized carbons (Fsp3) is 0.118. The Hall–Kier alpha value is -2.75. The van der Waals surface area contributed by atoms with Crippen LogP contribution in [0.15, 0.2) is 60.2 Å². The summed E-state index contributed by atoms with van der Waals surface area (Å²) in [5, 5.41) is 27.3. The number of para-hydroxylation sites is 2. The normalized spacial score (nSPS) is 10.5. The highest BCUT2D eigenvalue weighted by Crippen LogP contribution is 2.34. The van der Waals surface area contributed by atoms with Crippen molar-refractivity contribution in [1.82, 2.24) is 0 Å². The lowest BCUT2D eigenvalue weighted by Crippen LogP contribution is -1.93. The fourth-order valence-corrected chi connectivity index (χ4v) is 1.53. The third-order valence-electron chi connectivity index (χ3n) is 2.87. The van der Waals surface area contributed by atoms with Gasteiger partial charge in [0.2, 0.25) is 0 Å². The molecule has 0 bridgehead atoms. The van der Waals surface area contributed by atoms with Gasteiger partial charge in [0.15, 0.2) is 0 Å². The van der Waals surface area contributed by atoms with Gasteiger partial charge in [-0.05, 0) is 26.0 Å². The monoisotopic (exact) mass is 286 g/mol. The number of carboxylic acids is 1. The summed E-state index contributed by atoms with van der Waals surface area (Å²) in [6, 6.07) is 13.9. The molecule has 0 aliphatic carbocycles. The van der Waals surface area contributed by atoms with Crippen LogP contribution in [-0.4, -0.2) is 21.3 Å². The lowest BCUT2D eigenvalue weighted by atomic mass is 10.0. The predicted molar refractivity (Wildman–Crippen MR) is 82.3 cm³/mol. The molecule has 2 aromatic carbocycles. The molecule has 110 valence electrons. The predicted octanol–water partition coefficient (Wildman–Crippen LogP) is 3.80. The quantitative estimate of drug-likeness (QED) is 0.734. The minimum atomic E-state index is -0.845. The van der Waals surface area contributed by atoms with E-state index in [1.807, 2.05) is 12.1 Å². The molecule has 0 aromatic heterocycles. The molecular weight excluding hydrogens is 268 g/mol. The van der Waals surface area contributed by atoms with Gasteiger partial charge in [-0.25, -0.2) is 4.79 Å². The van der Waals surface area contributed by atoms with Crippen molar-refractivity contribution in [2.24, 2.45) is 0 Å². The van der Waals surface area contributed by atoms with Crippen molar-refractivity contribution < 1.29 is 20.1 Å². The van der Waals surface area contributed by atoms with Crippen LogP contribution >= 0.6 is 0 Å². The first-order valence-corrected chi connectivity index (χ1v) is 6.40. The standard InChI is InChI=1S/C12H10O2.C5H8O2/c13-11-7-3-1-5-9(11)10-6-2-4-8-12(10)14;1-3-4(2)5(6)7/h1-8,13-14H;3H,1-2H3,(H,6,7). The lowest BCUT2D eigenvalue weighted by Gasteiger charge is -2.05. The zero-order valence-electron chi connectivity index (χ0n) is 11.9. The van der Waals surface area contributed by atoms with Gasteiger partial charge in [0.05, 0.1) is 0 Å². The van der Waals surface area contributed by atoms with E-state index < -0.39 is 5.97 Å². The Morgan fingerprint density at radius 2 is 1.29 bits per heavy atom. The number of phenols is 2. The number of carbonyl (C=O) groups is 1. The molecule has 0 saturated carbocycles. The molecule has 0 radical (unpaired) electrons. The lowest BCUT2D eigenvalue weighted by molar-refractivity contribution is -0.132. The van der Waals surface area contributed by atoms with Crippen molar-refractivity contribution in [3.8, 4) is 22.6 Å². The molecule has 0 aliphatic heterocycles. The zero-order chi connectivity index (χ0) is 15.8. The molecule has 0 aliphatic rings. The average Bonchev–Trinajstić information content (AvgIpc) is 2.48. The van der Waals surface area contributed by atoms with Crippen molar-refractivity contribution in [1.29, 1.82) is 0 Å². The van der Waals surface area contributed by atoms with Gasteiger partial charge in [0.1, 0.15) is 11.5 Å². The maximum atomic E-state index is 9.86. The van der Waals surface area contributed by atoms with Gasteiger partial charge in [0.25, 0.3) is 0 Å². The number of rotatable bonds is 2. The molecule has 21 heavy (non-hydrogen) atoms. The molecule has 0 unspecified atom stereocenters. The van der Waals surface area contributed by atoms with E-state index in [1.54, 1.807) is 56.3 Å². The molecule has 2 rings (SSSR count). The molecule has 0 amide bonds. The SMILES string of the molecule is CC=C(C)C(=O)O.Oc1ccccc1-c1ccccc1O. The molecule has 3 N–H and O–H groups in total. The van der Waals surface area contributed by atoms with Gasteiger partial charge < -0.3 is 15.3 Å². The molecular formula is C17H18O4. The van der Waals surface area contributed by atoms with E-state index in [-0.39, 0.29) is 11.5 Å². The van der Waals surface area contributed by atoms with E-state index in [9.17, 15) is 15.0 Å². The van der Waals surface area contributed by atoms with E-state index >= 15 is 0 Å². The summed E-state index contributed by atoms with van der Waals surface area (Å²) in [6.45, 7) is 3.26. The first kappa shape index (κ1) is 16.3. The summed E-state index contributed by atoms with van der Waals surface area (Å²) in [7, 11) is 0. The molecule has 4 nitrogen and oxygen atoms in total. The number of hydrogen-bond donors (Lipinski definition) is 3. The summed E-state index contributed by atoms with van der Waals surface area (Å²) in [5.74, 6) is -0.495. The smallest absolute Gasteiger partial charge is 0.330 e. The Morgan fingerprint density at radius 1 is 0.905 bits per heavy atom. The second-order valence-electron chi connectivity index (χ2n) is 4.31. The van der Waals surface area contributed by atoms with Gasteiger partial charge in [-0.15, -0.1) is 0 Å². The summed E-state index contributed by atoms with van der Waals surface area (Å²) < 4.78 is 0. The Labute approximate surface area is 123 Å². The number of phenolic OH excluding ortho intramolecular Hbond substituents is 2. The van der Waals surface area contributed by atoms with Crippen molar-refractivity contribution in [3.05, 3.63) is 60.2 Å². The van der Waals surface area contributed by atoms with Crippen LogP contribution in [0.2, 0.25) is 0 Å². The molecule has 0 fully saturated rings. The van der Waals surface area contributed by atoms with Gasteiger partial charge in [-0.3, -0.25) is 0 Å². The molecule has 0 spiro atoms. The van der Waals surface area contributed by atoms with Gasteiger partial charge in [-0.1, -0.05) is 42.5 Å². The maximum absolute atomic E-state index is 9.86. The molecule has 2 aromatic rings. The van der Waals surface area contributed by atoms with E-state index in [0.717, 1.165) is 0 Å². The Bertz CT molecular complexity index is 601. The first-order valence-electron chi connectivity index (χ1n) is 6.40. The van der Waals surface area contributed by atoms with Crippen molar-refractivity contribution in [2.45, 2.75) is 13.8 Å². The second-order valence-corrected chi connectivity index (χ2v) is 4.31. The van der Waals surface area contributed by atoms with Crippen LogP contribution in [0.25, 0.3) is 11.1 Å². The zero-order valence-corrected chi connectivity index (χ0v) is 11.9. The van der Waals surface area contributed by atoms with E-state index in [1.165, 1.54) is 0 Å². The Balaban J connectivity index is 0.000000270. The number of aromatic hydroxyl groups is 2. The van der Waals surface area contributed by atoms with Gasteiger partial charge in [-0.2, -0.15) is 0 Å². The summed E-state index contributed by atoms with van der Waals surface area (Å²) in [6.07, 6.45) is 1.56. The number of hydrogen-bond acceptors (Lipinski definition) is 3. The number of carboxylic acid groups (broad SMARTS) is 1. The largest absolute Gasteiger partial charge is 0.507 e. The van der Waals surface area contributed by atoms with Crippen LogP contribution in [-0.2, 0) is 4.79 Å². The average molecular weight is 286 g/mol. The van der Waals surface area contributed by atoms with Crippen molar-refractivity contribution in [2.75, 3.05) is 0 Å². The summed E-state index contributed by atoms with van der Waals surface area (Å²) >= 11 is 0. The molecule has 0 atom stereocenters. The highest BCUT2D eigenvalue weighted by molar-refractivity contribution is 5.85. The fourth-order valence-electron chi connectivity index (χ4n) is 1.53. The van der Waals surface area contributed by atoms with E-state index in [0.29, 0.717) is 16.7 Å². The summed E-state index contributed by atoms with van der Waals surface area (Å²) in [4.78, 5) is 9.86. The van der Waals surface area contributed by atoms with Crippen LogP contribution in [0.4, 0.5) is 0 Å². The molecule has 0 heterocycles. The topological polar surface area (TPSA) is 77.8 Å². The van der Waals surface area contributed by atoms with Crippen molar-refractivity contribution >= 4 is 5.97 Å². The number of allylic oxidation sites excluding steroid dienone is 1. The van der Waals surface area contributed by atoms with E-state index in [4.69, 9.17) is 5.11 Å². The third kappa shape index (κ3) is 4.69. The Kier molecular flexibility index (Phi) is 6.01. The molecule has 0 saturated heterocycles. The highest BCUT2D eigenvalue weighted by atomic mass is 16.4. The number of benzene rings is 2.